The molecule has 1 heterocycles. The Kier molecular flexibility index (Phi) is 7.26. The van der Waals surface area contributed by atoms with Gasteiger partial charge in [-0.2, -0.15) is 0 Å². The SMILES string of the molecule is CCCNC(CC)c1ccn(CCCC(=O)OC)c1. The molecule has 108 valence electrons. The standard InChI is InChI=1S/C15H26N2O2/c1-4-9-16-14(5-2)13-8-11-17(12-13)10-6-7-15(18)19-3/h8,11-12,14,16H,4-7,9-10H2,1-3H3. The number of hydrogen-bond donors (Lipinski definition) is 1. The van der Waals surface area contributed by atoms with Gasteiger partial charge in [-0.3, -0.25) is 4.79 Å². The van der Waals surface area contributed by atoms with Gasteiger partial charge in [0.05, 0.1) is 7.11 Å². The zero-order chi connectivity index (χ0) is 14.1. The molecule has 0 aliphatic carbocycles. The van der Waals surface area contributed by atoms with E-state index in [1.807, 2.05) is 0 Å². The van der Waals surface area contributed by atoms with E-state index < -0.39 is 0 Å². The van der Waals surface area contributed by atoms with Crippen LogP contribution < -0.4 is 5.32 Å². The van der Waals surface area contributed by atoms with Crippen molar-refractivity contribution < 1.29 is 9.53 Å². The molecule has 4 heteroatoms. The molecular formula is C15H26N2O2. The van der Waals surface area contributed by atoms with Gasteiger partial charge in [0.1, 0.15) is 0 Å². The summed E-state index contributed by atoms with van der Waals surface area (Å²) in [5.41, 5.74) is 1.33. The Labute approximate surface area is 116 Å². The highest BCUT2D eigenvalue weighted by Gasteiger charge is 2.09. The van der Waals surface area contributed by atoms with Crippen LogP contribution in [0.2, 0.25) is 0 Å². The molecule has 0 fully saturated rings. The van der Waals surface area contributed by atoms with Crippen LogP contribution in [-0.2, 0) is 16.1 Å². The van der Waals surface area contributed by atoms with E-state index in [9.17, 15) is 4.79 Å². The number of methoxy groups -OCH3 is 1. The third-order valence-corrected chi connectivity index (χ3v) is 3.25. The number of ether oxygens (including phenoxy) is 1. The highest BCUT2D eigenvalue weighted by Crippen LogP contribution is 2.17. The fraction of sp³-hybridized carbons (Fsp3) is 0.667. The van der Waals surface area contributed by atoms with Crippen molar-refractivity contribution in [3.8, 4) is 0 Å². The second-order valence-electron chi connectivity index (χ2n) is 4.78. The van der Waals surface area contributed by atoms with Crippen molar-refractivity contribution in [3.63, 3.8) is 0 Å². The van der Waals surface area contributed by atoms with Gasteiger partial charge in [0, 0.05) is 31.4 Å². The fourth-order valence-electron chi connectivity index (χ4n) is 2.13. The van der Waals surface area contributed by atoms with Crippen LogP contribution in [0.5, 0.6) is 0 Å². The quantitative estimate of drug-likeness (QED) is 0.699. The number of hydrogen-bond acceptors (Lipinski definition) is 3. The number of carbonyl (C=O) groups is 1. The minimum absolute atomic E-state index is 0.136. The van der Waals surface area contributed by atoms with Crippen molar-refractivity contribution in [1.29, 1.82) is 0 Å². The van der Waals surface area contributed by atoms with Gasteiger partial charge >= 0.3 is 5.97 Å². The molecule has 1 aromatic heterocycles. The topological polar surface area (TPSA) is 43.3 Å². The molecule has 0 saturated carbocycles. The summed E-state index contributed by atoms with van der Waals surface area (Å²) in [5.74, 6) is -0.136. The van der Waals surface area contributed by atoms with Crippen molar-refractivity contribution >= 4 is 5.97 Å². The van der Waals surface area contributed by atoms with Crippen LogP contribution in [0.15, 0.2) is 18.5 Å². The summed E-state index contributed by atoms with van der Waals surface area (Å²) in [7, 11) is 1.43. The molecule has 1 atom stereocenters. The minimum Gasteiger partial charge on any atom is -0.469 e. The number of nitrogens with one attached hydrogen (secondary N) is 1. The van der Waals surface area contributed by atoms with Gasteiger partial charge in [0.2, 0.25) is 0 Å². The maximum atomic E-state index is 11.0. The first kappa shape index (κ1) is 15.8. The molecule has 0 bridgehead atoms. The molecule has 0 aromatic carbocycles. The maximum absolute atomic E-state index is 11.0. The molecule has 0 saturated heterocycles. The van der Waals surface area contributed by atoms with Crippen molar-refractivity contribution in [2.75, 3.05) is 13.7 Å². The predicted octanol–water partition coefficient (Wildman–Crippen LogP) is 2.89. The average Bonchev–Trinajstić information content (AvgIpc) is 2.88. The third-order valence-electron chi connectivity index (χ3n) is 3.25. The number of aromatic nitrogens is 1. The first-order chi connectivity index (χ1) is 9.21. The molecule has 4 nitrogen and oxygen atoms in total. The first-order valence-corrected chi connectivity index (χ1v) is 7.17. The zero-order valence-corrected chi connectivity index (χ0v) is 12.3. The van der Waals surface area contributed by atoms with Crippen molar-refractivity contribution in [2.45, 2.75) is 52.1 Å². The van der Waals surface area contributed by atoms with E-state index in [4.69, 9.17) is 0 Å². The van der Waals surface area contributed by atoms with E-state index in [1.165, 1.54) is 12.7 Å². The van der Waals surface area contributed by atoms with E-state index >= 15 is 0 Å². The van der Waals surface area contributed by atoms with Crippen LogP contribution in [0.1, 0.15) is 51.1 Å². The van der Waals surface area contributed by atoms with Gasteiger partial charge in [-0.25, -0.2) is 0 Å². The highest BCUT2D eigenvalue weighted by atomic mass is 16.5. The van der Waals surface area contributed by atoms with Gasteiger partial charge in [0.15, 0.2) is 0 Å². The Balaban J connectivity index is 2.44. The Morgan fingerprint density at radius 2 is 2.26 bits per heavy atom. The molecule has 1 rings (SSSR count). The van der Waals surface area contributed by atoms with Gasteiger partial charge < -0.3 is 14.6 Å². The summed E-state index contributed by atoms with van der Waals surface area (Å²) in [4.78, 5) is 11.0. The van der Waals surface area contributed by atoms with Crippen LogP contribution in [0, 0.1) is 0 Å². The van der Waals surface area contributed by atoms with E-state index in [-0.39, 0.29) is 5.97 Å². The van der Waals surface area contributed by atoms with E-state index in [0.29, 0.717) is 12.5 Å². The minimum atomic E-state index is -0.136. The van der Waals surface area contributed by atoms with Crippen molar-refractivity contribution in [3.05, 3.63) is 24.0 Å². The molecule has 1 aromatic rings. The largest absolute Gasteiger partial charge is 0.469 e. The Morgan fingerprint density at radius 3 is 2.89 bits per heavy atom. The van der Waals surface area contributed by atoms with E-state index in [1.54, 1.807) is 0 Å². The van der Waals surface area contributed by atoms with Crippen LogP contribution in [-0.4, -0.2) is 24.2 Å². The van der Waals surface area contributed by atoms with Crippen molar-refractivity contribution in [2.24, 2.45) is 0 Å². The van der Waals surface area contributed by atoms with Crippen LogP contribution in [0.25, 0.3) is 0 Å². The molecule has 1 unspecified atom stereocenters. The summed E-state index contributed by atoms with van der Waals surface area (Å²) >= 11 is 0. The molecule has 0 aliphatic heterocycles. The maximum Gasteiger partial charge on any atom is 0.305 e. The summed E-state index contributed by atoms with van der Waals surface area (Å²) in [6, 6.07) is 2.59. The monoisotopic (exact) mass is 266 g/mol. The smallest absolute Gasteiger partial charge is 0.305 e. The molecule has 0 aliphatic rings. The predicted molar refractivity (Wildman–Crippen MR) is 77.0 cm³/mol. The highest BCUT2D eigenvalue weighted by molar-refractivity contribution is 5.68. The van der Waals surface area contributed by atoms with Crippen LogP contribution in [0.3, 0.4) is 0 Å². The van der Waals surface area contributed by atoms with Gasteiger partial charge in [0.25, 0.3) is 0 Å². The van der Waals surface area contributed by atoms with Gasteiger partial charge in [-0.05, 0) is 37.4 Å². The second kappa shape index (κ2) is 8.75. The van der Waals surface area contributed by atoms with E-state index in [2.05, 4.69) is 46.9 Å². The van der Waals surface area contributed by atoms with Crippen molar-refractivity contribution in [1.82, 2.24) is 9.88 Å². The van der Waals surface area contributed by atoms with Gasteiger partial charge in [-0.1, -0.05) is 13.8 Å². The summed E-state index contributed by atoms with van der Waals surface area (Å²) in [6.45, 7) is 6.28. The molecule has 1 N–H and O–H groups in total. The Morgan fingerprint density at radius 1 is 1.47 bits per heavy atom. The summed E-state index contributed by atoms with van der Waals surface area (Å²) in [6.07, 6.45) is 7.80. The van der Waals surface area contributed by atoms with Crippen LogP contribution >= 0.6 is 0 Å². The second-order valence-corrected chi connectivity index (χ2v) is 4.78. The molecule has 19 heavy (non-hydrogen) atoms. The zero-order valence-electron chi connectivity index (χ0n) is 12.3. The molecular weight excluding hydrogens is 240 g/mol. The van der Waals surface area contributed by atoms with Gasteiger partial charge in [-0.15, -0.1) is 0 Å². The lowest BCUT2D eigenvalue weighted by molar-refractivity contribution is -0.140. The number of carbonyl (C=O) groups excluding carboxylic acids is 1. The summed E-state index contributed by atoms with van der Waals surface area (Å²) < 4.78 is 6.78. The number of nitrogens with zero attached hydrogens (tertiary/aromatic N) is 1. The number of aryl methyl sites for hydroxylation is 1. The first-order valence-electron chi connectivity index (χ1n) is 7.17. The fourth-order valence-corrected chi connectivity index (χ4v) is 2.13. The number of esters is 1. The Bertz CT molecular complexity index is 374. The third kappa shape index (κ3) is 5.47. The lowest BCUT2D eigenvalue weighted by atomic mass is 10.1. The molecule has 0 amide bonds. The van der Waals surface area contributed by atoms with E-state index in [0.717, 1.165) is 32.4 Å². The molecule has 0 spiro atoms. The Hall–Kier alpha value is -1.29. The average molecular weight is 266 g/mol. The lowest BCUT2D eigenvalue weighted by Gasteiger charge is -2.15. The number of rotatable bonds is 9. The summed E-state index contributed by atoms with van der Waals surface area (Å²) in [5, 5.41) is 3.54. The molecule has 0 radical (unpaired) electrons. The normalized spacial score (nSPS) is 12.4. The lowest BCUT2D eigenvalue weighted by Crippen LogP contribution is -2.21. The van der Waals surface area contributed by atoms with Crippen LogP contribution in [0.4, 0.5) is 0 Å².